The maximum Gasteiger partial charge on any atom is 0.315 e. The Morgan fingerprint density at radius 2 is 2.22 bits per heavy atom. The quantitative estimate of drug-likeness (QED) is 0.814. The molecule has 1 fully saturated rings. The number of hydrogen-bond acceptors (Lipinski definition) is 3. The second-order valence-corrected chi connectivity index (χ2v) is 7.10. The molecule has 2 N–H and O–H groups in total. The van der Waals surface area contributed by atoms with E-state index >= 15 is 0 Å². The second-order valence-electron chi connectivity index (χ2n) is 5.97. The lowest BCUT2D eigenvalue weighted by Gasteiger charge is -2.26. The van der Waals surface area contributed by atoms with Gasteiger partial charge in [0.1, 0.15) is 0 Å². The number of thioether (sulfide) groups is 1. The van der Waals surface area contributed by atoms with Crippen LogP contribution in [0.25, 0.3) is 0 Å². The topological polar surface area (TPSA) is 61.4 Å². The van der Waals surface area contributed by atoms with Gasteiger partial charge >= 0.3 is 6.03 Å². The summed E-state index contributed by atoms with van der Waals surface area (Å²) in [5.74, 6) is 1.27. The van der Waals surface area contributed by atoms with Crippen LogP contribution in [0.4, 0.5) is 4.79 Å². The molecule has 124 valence electrons. The summed E-state index contributed by atoms with van der Waals surface area (Å²) in [6.45, 7) is 2.20. The Morgan fingerprint density at radius 1 is 1.35 bits per heavy atom. The van der Waals surface area contributed by atoms with Gasteiger partial charge in [0.15, 0.2) is 0 Å². The molecule has 6 heteroatoms. The average Bonchev–Trinajstić information content (AvgIpc) is 2.97. The Labute approximate surface area is 141 Å². The second kappa shape index (κ2) is 7.73. The maximum absolute atomic E-state index is 12.1. The van der Waals surface area contributed by atoms with Gasteiger partial charge in [-0.05, 0) is 30.9 Å². The zero-order chi connectivity index (χ0) is 16.1. The molecule has 2 aliphatic heterocycles. The fraction of sp³-hybridized carbons (Fsp3) is 0.529. The predicted octanol–water partition coefficient (Wildman–Crippen LogP) is 2.54. The van der Waals surface area contributed by atoms with Crippen molar-refractivity contribution >= 4 is 23.7 Å². The minimum atomic E-state index is -0.121. The van der Waals surface area contributed by atoms with E-state index in [-0.39, 0.29) is 18.0 Å². The van der Waals surface area contributed by atoms with Crippen LogP contribution in [0.15, 0.2) is 29.2 Å². The molecule has 1 saturated heterocycles. The highest BCUT2D eigenvalue weighted by Crippen LogP contribution is 2.35. The zero-order valence-electron chi connectivity index (χ0n) is 13.2. The summed E-state index contributed by atoms with van der Waals surface area (Å²) in [5.41, 5.74) is 1.21. The summed E-state index contributed by atoms with van der Waals surface area (Å²) in [6.07, 6.45) is 3.40. The van der Waals surface area contributed by atoms with Crippen LogP contribution >= 0.6 is 11.8 Å². The van der Waals surface area contributed by atoms with E-state index in [4.69, 9.17) is 0 Å². The molecule has 0 spiro atoms. The van der Waals surface area contributed by atoms with E-state index in [1.54, 1.807) is 0 Å². The molecule has 3 amide bonds. The number of likely N-dealkylation sites (tertiary alicyclic amines) is 1. The van der Waals surface area contributed by atoms with Gasteiger partial charge in [0, 0.05) is 36.7 Å². The standard InChI is InChI=1S/C17H23N3O2S/c21-16-7-3-10-20(16)11-4-9-18-17(22)19-14-8-12-23-15-6-2-1-5-13(14)15/h1-2,5-6,14H,3-4,7-12H2,(H2,18,19,22). The van der Waals surface area contributed by atoms with E-state index < -0.39 is 0 Å². The first-order chi connectivity index (χ1) is 11.2. The van der Waals surface area contributed by atoms with Crippen LogP contribution in [0.1, 0.15) is 37.3 Å². The van der Waals surface area contributed by atoms with Crippen LogP contribution in [0.5, 0.6) is 0 Å². The monoisotopic (exact) mass is 333 g/mol. The minimum Gasteiger partial charge on any atom is -0.343 e. The molecule has 2 aliphatic rings. The number of urea groups is 1. The molecule has 2 heterocycles. The Bertz CT molecular complexity index is 579. The van der Waals surface area contributed by atoms with Gasteiger partial charge in [-0.2, -0.15) is 0 Å². The molecule has 1 aromatic rings. The fourth-order valence-corrected chi connectivity index (χ4v) is 4.24. The summed E-state index contributed by atoms with van der Waals surface area (Å²) in [5, 5.41) is 5.97. The third-order valence-corrected chi connectivity index (χ3v) is 5.45. The number of hydrogen-bond donors (Lipinski definition) is 2. The molecule has 0 aromatic heterocycles. The summed E-state index contributed by atoms with van der Waals surface area (Å²) in [4.78, 5) is 26.7. The van der Waals surface area contributed by atoms with E-state index in [1.807, 2.05) is 28.8 Å². The SMILES string of the molecule is O=C(NCCCN1CCCC1=O)NC1CCSc2ccccc21. The molecule has 5 nitrogen and oxygen atoms in total. The summed E-state index contributed by atoms with van der Waals surface area (Å²) >= 11 is 1.85. The van der Waals surface area contributed by atoms with Crippen molar-refractivity contribution in [3.63, 3.8) is 0 Å². The summed E-state index contributed by atoms with van der Waals surface area (Å²) < 4.78 is 0. The van der Waals surface area contributed by atoms with Gasteiger partial charge < -0.3 is 15.5 Å². The molecule has 0 bridgehead atoms. The Kier molecular flexibility index (Phi) is 5.43. The lowest BCUT2D eigenvalue weighted by Crippen LogP contribution is -2.40. The summed E-state index contributed by atoms with van der Waals surface area (Å²) in [6, 6.07) is 8.22. The molecular weight excluding hydrogens is 310 g/mol. The number of carbonyl (C=O) groups excluding carboxylic acids is 2. The number of rotatable bonds is 5. The number of fused-ring (bicyclic) bond motifs is 1. The zero-order valence-corrected chi connectivity index (χ0v) is 14.0. The van der Waals surface area contributed by atoms with Gasteiger partial charge in [-0.25, -0.2) is 4.79 Å². The molecule has 0 radical (unpaired) electrons. The normalized spacial score (nSPS) is 20.3. The molecular formula is C17H23N3O2S. The van der Waals surface area contributed by atoms with Gasteiger partial charge in [0.2, 0.25) is 5.91 Å². The largest absolute Gasteiger partial charge is 0.343 e. The number of nitrogens with one attached hydrogen (secondary N) is 2. The number of amides is 3. The smallest absolute Gasteiger partial charge is 0.315 e. The van der Waals surface area contributed by atoms with Crippen LogP contribution in [0.3, 0.4) is 0 Å². The molecule has 1 aromatic carbocycles. The van der Waals surface area contributed by atoms with Crippen LogP contribution in [-0.4, -0.2) is 42.2 Å². The van der Waals surface area contributed by atoms with Gasteiger partial charge in [-0.1, -0.05) is 18.2 Å². The predicted molar refractivity (Wildman–Crippen MR) is 91.5 cm³/mol. The van der Waals surface area contributed by atoms with Crippen molar-refractivity contribution in [3.8, 4) is 0 Å². The highest BCUT2D eigenvalue weighted by atomic mass is 32.2. The van der Waals surface area contributed by atoms with E-state index in [0.29, 0.717) is 13.0 Å². The Morgan fingerprint density at radius 3 is 3.04 bits per heavy atom. The van der Waals surface area contributed by atoms with E-state index in [1.165, 1.54) is 10.5 Å². The van der Waals surface area contributed by atoms with Crippen molar-refractivity contribution in [3.05, 3.63) is 29.8 Å². The van der Waals surface area contributed by atoms with Crippen molar-refractivity contribution in [2.45, 2.75) is 36.6 Å². The average molecular weight is 333 g/mol. The van der Waals surface area contributed by atoms with Crippen molar-refractivity contribution in [2.24, 2.45) is 0 Å². The van der Waals surface area contributed by atoms with Crippen molar-refractivity contribution in [1.29, 1.82) is 0 Å². The minimum absolute atomic E-state index is 0.0904. The fourth-order valence-electron chi connectivity index (χ4n) is 3.11. The Hall–Kier alpha value is -1.69. The highest BCUT2D eigenvalue weighted by molar-refractivity contribution is 7.99. The van der Waals surface area contributed by atoms with Crippen molar-refractivity contribution < 1.29 is 9.59 Å². The van der Waals surface area contributed by atoms with Gasteiger partial charge in [-0.3, -0.25) is 4.79 Å². The summed E-state index contributed by atoms with van der Waals surface area (Å²) in [7, 11) is 0. The highest BCUT2D eigenvalue weighted by Gasteiger charge is 2.22. The lowest BCUT2D eigenvalue weighted by atomic mass is 10.0. The Balaban J connectivity index is 1.41. The first-order valence-electron chi connectivity index (χ1n) is 8.28. The van der Waals surface area contributed by atoms with Gasteiger partial charge in [0.05, 0.1) is 6.04 Å². The third-order valence-electron chi connectivity index (χ3n) is 4.33. The van der Waals surface area contributed by atoms with E-state index in [9.17, 15) is 9.59 Å². The lowest BCUT2D eigenvalue weighted by molar-refractivity contribution is -0.127. The molecule has 1 unspecified atom stereocenters. The number of benzene rings is 1. The van der Waals surface area contributed by atoms with Crippen LogP contribution < -0.4 is 10.6 Å². The molecule has 0 saturated carbocycles. The molecule has 1 atom stereocenters. The molecule has 23 heavy (non-hydrogen) atoms. The number of carbonyl (C=O) groups is 2. The third kappa shape index (κ3) is 4.19. The molecule has 0 aliphatic carbocycles. The van der Waals surface area contributed by atoms with Gasteiger partial charge in [-0.15, -0.1) is 11.8 Å². The van der Waals surface area contributed by atoms with Crippen molar-refractivity contribution in [2.75, 3.05) is 25.4 Å². The first-order valence-corrected chi connectivity index (χ1v) is 9.26. The van der Waals surface area contributed by atoms with E-state index in [2.05, 4.69) is 22.8 Å². The van der Waals surface area contributed by atoms with Crippen molar-refractivity contribution in [1.82, 2.24) is 15.5 Å². The molecule has 3 rings (SSSR count). The van der Waals surface area contributed by atoms with E-state index in [0.717, 1.165) is 38.1 Å². The van der Waals surface area contributed by atoms with Crippen LogP contribution in [-0.2, 0) is 4.79 Å². The van der Waals surface area contributed by atoms with Crippen LogP contribution in [0.2, 0.25) is 0 Å². The van der Waals surface area contributed by atoms with Gasteiger partial charge in [0.25, 0.3) is 0 Å². The first kappa shape index (κ1) is 16.2. The maximum atomic E-state index is 12.1. The number of nitrogens with zero attached hydrogens (tertiary/aromatic N) is 1. The van der Waals surface area contributed by atoms with Crippen LogP contribution in [0, 0.1) is 0 Å².